The van der Waals surface area contributed by atoms with Crippen LogP contribution in [0.2, 0.25) is 0 Å². The fraction of sp³-hybridized carbons (Fsp3) is 0.286. The molecule has 0 N–H and O–H groups in total. The molecule has 2 heterocycles. The third-order valence-corrected chi connectivity index (χ3v) is 3.97. The topological polar surface area (TPSA) is 30.7 Å². The summed E-state index contributed by atoms with van der Waals surface area (Å²) >= 11 is 1.52. The van der Waals surface area contributed by atoms with Gasteiger partial charge in [0.05, 0.1) is 11.2 Å². The Balaban J connectivity index is 2.22. The van der Waals surface area contributed by atoms with Gasteiger partial charge in [0.15, 0.2) is 0 Å². The lowest BCUT2D eigenvalue weighted by molar-refractivity contribution is 0.809. The van der Waals surface area contributed by atoms with E-state index >= 15 is 0 Å². The Labute approximate surface area is 110 Å². The number of hydrogen-bond acceptors (Lipinski definition) is 3. The van der Waals surface area contributed by atoms with Crippen molar-refractivity contribution in [3.8, 4) is 5.00 Å². The minimum Gasteiger partial charge on any atom is -0.225 e. The standard InChI is InChI=1S/C14H15N3S/c1-3-10-9-11(4-2)17(15-10)14-12-7-5-6-8-13(12)16-18-14/h5-9H,3-4H2,1-2H3. The van der Waals surface area contributed by atoms with Crippen molar-refractivity contribution in [2.75, 3.05) is 0 Å². The van der Waals surface area contributed by atoms with Crippen LogP contribution in [0.25, 0.3) is 15.9 Å². The van der Waals surface area contributed by atoms with E-state index in [1.54, 1.807) is 0 Å². The second kappa shape index (κ2) is 4.53. The third kappa shape index (κ3) is 1.73. The average molecular weight is 257 g/mol. The molecule has 0 aliphatic heterocycles. The Morgan fingerprint density at radius 2 is 2.00 bits per heavy atom. The molecule has 0 bridgehead atoms. The summed E-state index contributed by atoms with van der Waals surface area (Å²) < 4.78 is 6.54. The largest absolute Gasteiger partial charge is 0.225 e. The molecule has 2 aromatic heterocycles. The van der Waals surface area contributed by atoms with Gasteiger partial charge in [-0.25, -0.2) is 4.68 Å². The quantitative estimate of drug-likeness (QED) is 0.717. The van der Waals surface area contributed by atoms with Crippen LogP contribution in [-0.2, 0) is 12.8 Å². The van der Waals surface area contributed by atoms with Crippen LogP contribution in [0.15, 0.2) is 30.3 Å². The van der Waals surface area contributed by atoms with Crippen LogP contribution >= 0.6 is 11.5 Å². The molecular weight excluding hydrogens is 242 g/mol. The summed E-state index contributed by atoms with van der Waals surface area (Å²) in [6.07, 6.45) is 1.95. The maximum absolute atomic E-state index is 4.68. The van der Waals surface area contributed by atoms with E-state index in [2.05, 4.69) is 46.2 Å². The average Bonchev–Trinajstić information content (AvgIpc) is 3.01. The van der Waals surface area contributed by atoms with Crippen molar-refractivity contribution in [1.82, 2.24) is 14.2 Å². The maximum Gasteiger partial charge on any atom is 0.145 e. The van der Waals surface area contributed by atoms with Crippen LogP contribution in [0, 0.1) is 0 Å². The molecule has 92 valence electrons. The Hall–Kier alpha value is -1.68. The van der Waals surface area contributed by atoms with Gasteiger partial charge in [0.1, 0.15) is 5.00 Å². The maximum atomic E-state index is 4.68. The molecule has 0 unspecified atom stereocenters. The molecule has 0 saturated heterocycles. The van der Waals surface area contributed by atoms with Crippen molar-refractivity contribution in [3.05, 3.63) is 41.7 Å². The van der Waals surface area contributed by atoms with Crippen molar-refractivity contribution in [1.29, 1.82) is 0 Å². The van der Waals surface area contributed by atoms with Crippen molar-refractivity contribution < 1.29 is 0 Å². The summed E-state index contributed by atoms with van der Waals surface area (Å²) in [4.78, 5) is 0. The van der Waals surface area contributed by atoms with E-state index < -0.39 is 0 Å². The highest BCUT2D eigenvalue weighted by Gasteiger charge is 2.12. The smallest absolute Gasteiger partial charge is 0.145 e. The summed E-state index contributed by atoms with van der Waals surface area (Å²) in [7, 11) is 0. The van der Waals surface area contributed by atoms with Gasteiger partial charge in [-0.15, -0.1) is 0 Å². The van der Waals surface area contributed by atoms with Gasteiger partial charge in [-0.3, -0.25) is 0 Å². The molecule has 3 rings (SSSR count). The first-order chi connectivity index (χ1) is 8.83. The van der Waals surface area contributed by atoms with Gasteiger partial charge in [-0.1, -0.05) is 26.0 Å². The highest BCUT2D eigenvalue weighted by atomic mass is 32.1. The van der Waals surface area contributed by atoms with Crippen LogP contribution in [0.4, 0.5) is 0 Å². The SMILES string of the molecule is CCc1cc(CC)n(-c2snc3ccccc23)n1. The highest BCUT2D eigenvalue weighted by Crippen LogP contribution is 2.27. The van der Waals surface area contributed by atoms with Crippen molar-refractivity contribution in [3.63, 3.8) is 0 Å². The van der Waals surface area contributed by atoms with Gasteiger partial charge >= 0.3 is 0 Å². The molecule has 18 heavy (non-hydrogen) atoms. The summed E-state index contributed by atoms with van der Waals surface area (Å²) in [5.41, 5.74) is 3.44. The first kappa shape index (κ1) is 11.4. The predicted octanol–water partition coefficient (Wildman–Crippen LogP) is 3.61. The zero-order valence-corrected chi connectivity index (χ0v) is 11.4. The van der Waals surface area contributed by atoms with E-state index in [1.807, 2.05) is 12.1 Å². The summed E-state index contributed by atoms with van der Waals surface area (Å²) in [6, 6.07) is 10.4. The van der Waals surface area contributed by atoms with Crippen molar-refractivity contribution in [2.45, 2.75) is 26.7 Å². The summed E-state index contributed by atoms with van der Waals surface area (Å²) in [5.74, 6) is 0. The Morgan fingerprint density at radius 1 is 1.17 bits per heavy atom. The second-order valence-electron chi connectivity index (χ2n) is 4.25. The van der Waals surface area contributed by atoms with Gasteiger partial charge < -0.3 is 0 Å². The fourth-order valence-corrected chi connectivity index (χ4v) is 2.95. The lowest BCUT2D eigenvalue weighted by Gasteiger charge is -2.02. The zero-order valence-electron chi connectivity index (χ0n) is 10.6. The van der Waals surface area contributed by atoms with Crippen molar-refractivity contribution >= 4 is 22.4 Å². The third-order valence-electron chi connectivity index (χ3n) is 3.12. The highest BCUT2D eigenvalue weighted by molar-refractivity contribution is 7.10. The lowest BCUT2D eigenvalue weighted by Crippen LogP contribution is -1.99. The van der Waals surface area contributed by atoms with Gasteiger partial charge in [0, 0.05) is 11.1 Å². The molecule has 0 atom stereocenters. The number of benzene rings is 1. The van der Waals surface area contributed by atoms with E-state index in [0.29, 0.717) is 0 Å². The van der Waals surface area contributed by atoms with Crippen LogP contribution in [0.3, 0.4) is 0 Å². The van der Waals surface area contributed by atoms with Crippen LogP contribution < -0.4 is 0 Å². The molecule has 0 fully saturated rings. The predicted molar refractivity (Wildman–Crippen MR) is 75.5 cm³/mol. The second-order valence-corrected chi connectivity index (χ2v) is 5.00. The molecule has 3 aromatic rings. The number of rotatable bonds is 3. The Morgan fingerprint density at radius 3 is 2.78 bits per heavy atom. The lowest BCUT2D eigenvalue weighted by atomic mass is 10.2. The first-order valence-corrected chi connectivity index (χ1v) is 7.03. The molecule has 0 aliphatic carbocycles. The number of aryl methyl sites for hydroxylation is 2. The molecule has 0 aliphatic rings. The van der Waals surface area contributed by atoms with E-state index in [9.17, 15) is 0 Å². The molecule has 3 nitrogen and oxygen atoms in total. The van der Waals surface area contributed by atoms with Crippen LogP contribution in [-0.4, -0.2) is 14.2 Å². The molecule has 0 saturated carbocycles. The van der Waals surface area contributed by atoms with Crippen LogP contribution in [0.5, 0.6) is 0 Å². The minimum atomic E-state index is 0.969. The first-order valence-electron chi connectivity index (χ1n) is 6.26. The summed E-state index contributed by atoms with van der Waals surface area (Å²) in [5, 5.41) is 6.99. The van der Waals surface area contributed by atoms with Gasteiger partial charge in [-0.2, -0.15) is 9.47 Å². The molecule has 0 amide bonds. The molecule has 4 heteroatoms. The van der Waals surface area contributed by atoms with E-state index in [-0.39, 0.29) is 0 Å². The van der Waals surface area contributed by atoms with Gasteiger partial charge in [0.25, 0.3) is 0 Å². The van der Waals surface area contributed by atoms with Crippen LogP contribution in [0.1, 0.15) is 25.2 Å². The van der Waals surface area contributed by atoms with Gasteiger partial charge in [0.2, 0.25) is 0 Å². The van der Waals surface area contributed by atoms with Gasteiger partial charge in [-0.05, 0) is 42.6 Å². The molecule has 0 radical (unpaired) electrons. The molecule has 1 aromatic carbocycles. The molecular formula is C14H15N3S. The summed E-state index contributed by atoms with van der Waals surface area (Å²) in [6.45, 7) is 4.30. The molecule has 0 spiro atoms. The van der Waals surface area contributed by atoms with E-state index in [1.165, 1.54) is 22.6 Å². The number of nitrogens with zero attached hydrogens (tertiary/aromatic N) is 3. The number of aromatic nitrogens is 3. The fourth-order valence-electron chi connectivity index (χ4n) is 2.10. The Bertz CT molecular complexity index is 681. The number of hydrogen-bond donors (Lipinski definition) is 0. The normalized spacial score (nSPS) is 11.2. The minimum absolute atomic E-state index is 0.969. The van der Waals surface area contributed by atoms with Crippen molar-refractivity contribution in [2.24, 2.45) is 0 Å². The Kier molecular flexibility index (Phi) is 2.88. The van der Waals surface area contributed by atoms with E-state index in [0.717, 1.165) is 29.1 Å². The zero-order chi connectivity index (χ0) is 12.5. The number of fused-ring (bicyclic) bond motifs is 1. The monoisotopic (exact) mass is 257 g/mol. The van der Waals surface area contributed by atoms with E-state index in [4.69, 9.17) is 0 Å².